The van der Waals surface area contributed by atoms with Gasteiger partial charge in [0.2, 0.25) is 0 Å². The van der Waals surface area contributed by atoms with Crippen LogP contribution in [-0.4, -0.2) is 33.8 Å². The molecule has 0 radical (unpaired) electrons. The van der Waals surface area contributed by atoms with Gasteiger partial charge >= 0.3 is 0 Å². The van der Waals surface area contributed by atoms with Crippen molar-refractivity contribution in [1.29, 1.82) is 0 Å². The maximum atomic E-state index is 12.6. The van der Waals surface area contributed by atoms with Crippen LogP contribution in [0.25, 0.3) is 10.2 Å². The largest absolute Gasteiger partial charge is 0.339 e. The lowest BCUT2D eigenvalue weighted by Crippen LogP contribution is -2.37. The van der Waals surface area contributed by atoms with Crippen molar-refractivity contribution in [1.82, 2.24) is 9.88 Å². The summed E-state index contributed by atoms with van der Waals surface area (Å²) >= 11 is 1.73. The van der Waals surface area contributed by atoms with E-state index >= 15 is 0 Å². The number of nitrogens with zero attached hydrogens (tertiary/aromatic N) is 3. The quantitative estimate of drug-likeness (QED) is 0.513. The molecule has 4 rings (SSSR count). The Morgan fingerprint density at radius 1 is 1.15 bits per heavy atom. The number of carbonyl (C=O) groups is 1. The van der Waals surface area contributed by atoms with Gasteiger partial charge in [0.05, 0.1) is 20.1 Å². The van der Waals surface area contributed by atoms with Gasteiger partial charge in [-0.1, -0.05) is 18.2 Å². The standard InChI is InChI=1S/C19H17N3O3S/c23-19(14-4-3-5-15(12-14)22(24)25)21-10-8-13(9-11-21)18-20-16-6-1-2-7-17(16)26-18/h1-7,12-13H,8-11H2. The SMILES string of the molecule is O=C(c1cccc([N+](=O)[O-])c1)N1CCC(c2nc3ccccc3s2)CC1. The molecule has 0 atom stereocenters. The molecule has 1 fully saturated rings. The van der Waals surface area contributed by atoms with Crippen molar-refractivity contribution >= 4 is 33.1 Å². The number of para-hydroxylation sites is 1. The lowest BCUT2D eigenvalue weighted by Gasteiger charge is -2.31. The summed E-state index contributed by atoms with van der Waals surface area (Å²) in [6.45, 7) is 1.28. The van der Waals surface area contributed by atoms with Crippen LogP contribution in [0.5, 0.6) is 0 Å². The van der Waals surface area contributed by atoms with Crippen molar-refractivity contribution in [2.45, 2.75) is 18.8 Å². The van der Waals surface area contributed by atoms with E-state index in [9.17, 15) is 14.9 Å². The summed E-state index contributed by atoms with van der Waals surface area (Å²) in [5, 5.41) is 12.0. The number of thiazole rings is 1. The fourth-order valence-electron chi connectivity index (χ4n) is 3.33. The molecule has 6 nitrogen and oxygen atoms in total. The van der Waals surface area contributed by atoms with E-state index in [-0.39, 0.29) is 11.6 Å². The highest BCUT2D eigenvalue weighted by Crippen LogP contribution is 2.34. The average molecular weight is 367 g/mol. The Hall–Kier alpha value is -2.80. The maximum Gasteiger partial charge on any atom is 0.270 e. The molecule has 26 heavy (non-hydrogen) atoms. The number of hydrogen-bond donors (Lipinski definition) is 0. The fourth-order valence-corrected chi connectivity index (χ4v) is 4.47. The summed E-state index contributed by atoms with van der Waals surface area (Å²) in [5.41, 5.74) is 1.35. The molecular formula is C19H17N3O3S. The first-order valence-electron chi connectivity index (χ1n) is 8.51. The highest BCUT2D eigenvalue weighted by atomic mass is 32.1. The second-order valence-electron chi connectivity index (χ2n) is 6.39. The zero-order valence-corrected chi connectivity index (χ0v) is 14.8. The molecule has 0 N–H and O–H groups in total. The molecule has 1 aliphatic heterocycles. The van der Waals surface area contributed by atoms with Gasteiger partial charge in [-0.2, -0.15) is 0 Å². The Morgan fingerprint density at radius 2 is 1.92 bits per heavy atom. The van der Waals surface area contributed by atoms with Crippen LogP contribution in [0.1, 0.15) is 34.1 Å². The van der Waals surface area contributed by atoms with Gasteiger partial charge in [0.25, 0.3) is 11.6 Å². The van der Waals surface area contributed by atoms with Crippen molar-refractivity contribution in [3.63, 3.8) is 0 Å². The van der Waals surface area contributed by atoms with Crippen molar-refractivity contribution in [3.05, 3.63) is 69.2 Å². The highest BCUT2D eigenvalue weighted by Gasteiger charge is 2.27. The topological polar surface area (TPSA) is 76.3 Å². The molecule has 2 heterocycles. The minimum absolute atomic E-state index is 0.0554. The zero-order chi connectivity index (χ0) is 18.1. The van der Waals surface area contributed by atoms with Crippen LogP contribution in [0.4, 0.5) is 5.69 Å². The maximum absolute atomic E-state index is 12.6. The average Bonchev–Trinajstić information content (AvgIpc) is 3.12. The third-order valence-electron chi connectivity index (χ3n) is 4.75. The van der Waals surface area contributed by atoms with Crippen LogP contribution in [0.15, 0.2) is 48.5 Å². The lowest BCUT2D eigenvalue weighted by molar-refractivity contribution is -0.384. The number of aromatic nitrogens is 1. The van der Waals surface area contributed by atoms with Crippen molar-refractivity contribution < 1.29 is 9.72 Å². The van der Waals surface area contributed by atoms with E-state index in [1.807, 2.05) is 18.2 Å². The Kier molecular flexibility index (Phi) is 4.38. The number of amides is 1. The molecule has 1 aromatic heterocycles. The van der Waals surface area contributed by atoms with Crippen molar-refractivity contribution in [2.75, 3.05) is 13.1 Å². The van der Waals surface area contributed by atoms with Gasteiger partial charge in [-0.25, -0.2) is 4.98 Å². The van der Waals surface area contributed by atoms with Gasteiger partial charge in [0.15, 0.2) is 0 Å². The molecule has 2 aromatic carbocycles. The smallest absolute Gasteiger partial charge is 0.270 e. The number of rotatable bonds is 3. The van der Waals surface area contributed by atoms with Crippen molar-refractivity contribution in [2.24, 2.45) is 0 Å². The lowest BCUT2D eigenvalue weighted by atomic mass is 9.97. The van der Waals surface area contributed by atoms with E-state index in [2.05, 4.69) is 6.07 Å². The summed E-state index contributed by atoms with van der Waals surface area (Å²) in [6.07, 6.45) is 1.72. The summed E-state index contributed by atoms with van der Waals surface area (Å²) in [6, 6.07) is 14.1. The molecule has 3 aromatic rings. The predicted molar refractivity (Wildman–Crippen MR) is 101 cm³/mol. The first-order chi connectivity index (χ1) is 12.6. The van der Waals surface area contributed by atoms with E-state index < -0.39 is 4.92 Å². The van der Waals surface area contributed by atoms with Crippen LogP contribution < -0.4 is 0 Å². The number of likely N-dealkylation sites (tertiary alicyclic amines) is 1. The number of nitro benzene ring substituents is 1. The second-order valence-corrected chi connectivity index (χ2v) is 7.46. The van der Waals surface area contributed by atoms with Crippen LogP contribution >= 0.6 is 11.3 Å². The number of carbonyl (C=O) groups excluding carboxylic acids is 1. The third-order valence-corrected chi connectivity index (χ3v) is 5.94. The van der Waals surface area contributed by atoms with Gasteiger partial charge in [-0.3, -0.25) is 14.9 Å². The number of fused-ring (bicyclic) bond motifs is 1. The van der Waals surface area contributed by atoms with Gasteiger partial charge in [-0.15, -0.1) is 11.3 Å². The van der Waals surface area contributed by atoms with Crippen LogP contribution in [0, 0.1) is 10.1 Å². The second kappa shape index (κ2) is 6.84. The molecule has 1 amide bonds. The van der Waals surface area contributed by atoms with Crippen LogP contribution in [0.2, 0.25) is 0 Å². The first kappa shape index (κ1) is 16.7. The molecule has 0 unspecified atom stereocenters. The normalized spacial score (nSPS) is 15.3. The van der Waals surface area contributed by atoms with E-state index in [1.165, 1.54) is 16.8 Å². The minimum atomic E-state index is -0.476. The Bertz CT molecular complexity index is 944. The molecule has 0 saturated carbocycles. The summed E-state index contributed by atoms with van der Waals surface area (Å²) in [4.78, 5) is 29.6. The molecule has 0 bridgehead atoms. The highest BCUT2D eigenvalue weighted by molar-refractivity contribution is 7.18. The van der Waals surface area contributed by atoms with Gasteiger partial charge < -0.3 is 4.90 Å². The fraction of sp³-hybridized carbons (Fsp3) is 0.263. The summed E-state index contributed by atoms with van der Waals surface area (Å²) < 4.78 is 1.19. The Balaban J connectivity index is 1.45. The number of hydrogen-bond acceptors (Lipinski definition) is 5. The van der Waals surface area contributed by atoms with Gasteiger partial charge in [0.1, 0.15) is 0 Å². The minimum Gasteiger partial charge on any atom is -0.339 e. The van der Waals surface area contributed by atoms with Crippen LogP contribution in [-0.2, 0) is 0 Å². The molecule has 1 aliphatic rings. The monoisotopic (exact) mass is 367 g/mol. The first-order valence-corrected chi connectivity index (χ1v) is 9.32. The Labute approximate surface area is 154 Å². The van der Waals surface area contributed by atoms with E-state index in [1.54, 1.807) is 28.4 Å². The summed E-state index contributed by atoms with van der Waals surface area (Å²) in [7, 11) is 0. The summed E-state index contributed by atoms with van der Waals surface area (Å²) in [5.74, 6) is 0.220. The number of benzene rings is 2. The third kappa shape index (κ3) is 3.17. The van der Waals surface area contributed by atoms with Gasteiger partial charge in [0, 0.05) is 36.7 Å². The Morgan fingerprint density at radius 3 is 2.65 bits per heavy atom. The number of nitro groups is 1. The molecule has 0 spiro atoms. The molecular weight excluding hydrogens is 350 g/mol. The molecule has 0 aliphatic carbocycles. The number of piperidine rings is 1. The zero-order valence-electron chi connectivity index (χ0n) is 14.0. The van der Waals surface area contributed by atoms with E-state index in [4.69, 9.17) is 4.98 Å². The van der Waals surface area contributed by atoms with E-state index in [0.29, 0.717) is 24.6 Å². The van der Waals surface area contributed by atoms with E-state index in [0.717, 1.165) is 23.4 Å². The molecule has 132 valence electrons. The van der Waals surface area contributed by atoms with Crippen molar-refractivity contribution in [3.8, 4) is 0 Å². The van der Waals surface area contributed by atoms with Gasteiger partial charge in [-0.05, 0) is 31.0 Å². The predicted octanol–water partition coefficient (Wildman–Crippen LogP) is 4.22. The van der Waals surface area contributed by atoms with Crippen LogP contribution in [0.3, 0.4) is 0 Å². The molecule has 7 heteroatoms. The number of non-ortho nitro benzene ring substituents is 1. The molecule has 1 saturated heterocycles.